The monoisotopic (exact) mass is 302 g/mol. The smallest absolute Gasteiger partial charge is 1.00 e. The first-order valence-corrected chi connectivity index (χ1v) is 0.565. The van der Waals surface area contributed by atoms with Gasteiger partial charge in [-0.1, -0.05) is 0 Å². The zero-order valence-electron chi connectivity index (χ0n) is 10.1. The Bertz CT molecular complexity index is 46.0. The van der Waals surface area contributed by atoms with E-state index >= 15 is 0 Å². The molecule has 0 saturated heterocycles. The number of nitrogens with zero attached hydrogens (tertiary/aromatic N) is 1. The van der Waals surface area contributed by atoms with Gasteiger partial charge in [0.2, 0.25) is 0 Å². The van der Waals surface area contributed by atoms with E-state index in [1.165, 1.54) is 0 Å². The molecule has 0 unspecified atom stereocenters. The summed E-state index contributed by atoms with van der Waals surface area (Å²) in [7, 11) is 0. The van der Waals surface area contributed by atoms with Crippen molar-refractivity contribution in [3.8, 4) is 0 Å². The Morgan fingerprint density at radius 1 is 0.750 bits per heavy atom. The van der Waals surface area contributed by atoms with Crippen molar-refractivity contribution in [1.29, 1.82) is 0 Å². The molecule has 0 amide bonds. The predicted molar refractivity (Wildman–Crippen MR) is 57.9 cm³/mol. The number of hydrogen-bond acceptors (Lipinski definition) is 3. The van der Waals surface area contributed by atoms with E-state index < -0.39 is 5.09 Å². The van der Waals surface area contributed by atoms with E-state index in [4.69, 9.17) is 15.3 Å². The quantitative estimate of drug-likeness (QED) is 0.249. The molecule has 0 aliphatic rings. The first kappa shape index (κ1) is 396. The largest absolute Gasteiger partial charge is 2.00 e. The third kappa shape index (κ3) is 6100000. The van der Waals surface area contributed by atoms with Gasteiger partial charge in [0, 0.05) is 0 Å². The molecule has 0 aromatic heterocycles. The van der Waals surface area contributed by atoms with Crippen LogP contribution in [0, 0.1) is 10.1 Å². The summed E-state index contributed by atoms with van der Waals surface area (Å²) < 4.78 is 0. The maximum Gasteiger partial charge on any atom is 2.00 e. The summed E-state index contributed by atoms with van der Waals surface area (Å²) in [5.41, 5.74) is 0. The van der Waals surface area contributed by atoms with Gasteiger partial charge in [0.05, 0.1) is 0 Å². The van der Waals surface area contributed by atoms with E-state index in [0.717, 1.165) is 0 Å². The van der Waals surface area contributed by atoms with E-state index in [1.807, 2.05) is 0 Å². The minimum Gasteiger partial charge on any atom is -1.00 e. The maximum atomic E-state index is 8.36. The van der Waals surface area contributed by atoms with Crippen LogP contribution in [0.25, 0.3) is 0 Å². The second-order valence-corrected chi connectivity index (χ2v) is 0.238. The van der Waals surface area contributed by atoms with Gasteiger partial charge in [-0.15, -0.1) is 10.1 Å². The zero-order chi connectivity index (χ0) is 3.58. The molecule has 0 rings (SSSR count). The van der Waals surface area contributed by atoms with Crippen LogP contribution in [0.1, 0.15) is 2.85 Å². The third-order valence-electron chi connectivity index (χ3n) is 0. The van der Waals surface area contributed by atoms with Gasteiger partial charge >= 0.3 is 37.7 Å². The standard InChI is InChI=1S/Ca.HNO3.H3N.10H2O.2H/c;2-1(3)4;;;;;;;;;;;;;/h;(H,2,3,4);1H3;10*1H2;;/q+2;;;;;;;;;;;;;2*-1. The van der Waals surface area contributed by atoms with Crippen LogP contribution < -0.4 is 6.15 Å². The van der Waals surface area contributed by atoms with Crippen LogP contribution in [-0.2, 0) is 0 Å². The number of rotatable bonds is 0. The molecule has 0 fully saturated rings. The third-order valence-corrected chi connectivity index (χ3v) is 0. The van der Waals surface area contributed by atoms with Crippen LogP contribution in [0.15, 0.2) is 0 Å². The van der Waals surface area contributed by atoms with Gasteiger partial charge in [0.1, 0.15) is 0 Å². The van der Waals surface area contributed by atoms with Gasteiger partial charge in [0.15, 0.2) is 0 Å². The van der Waals surface area contributed by atoms with Gasteiger partial charge in [-0.05, 0) is 0 Å². The summed E-state index contributed by atoms with van der Waals surface area (Å²) in [5.74, 6) is 0. The van der Waals surface area contributed by atoms with Gasteiger partial charge < -0.3 is 69.0 Å². The molecule has 15 nitrogen and oxygen atoms in total. The van der Waals surface area contributed by atoms with E-state index in [0.29, 0.717) is 0 Å². The van der Waals surface area contributed by atoms with Crippen molar-refractivity contribution in [2.75, 3.05) is 0 Å². The van der Waals surface area contributed by atoms with Crippen LogP contribution >= 0.6 is 0 Å². The summed E-state index contributed by atoms with van der Waals surface area (Å²) in [4.78, 5) is 8.36. The number of hydrogen-bond donors (Lipinski definition) is 2. The molecule has 0 heterocycles. The SMILES string of the molecule is N.O.O.O.O.O.O.O.O.O.O.O=[N+]([O-])O.[Ca+2].[H-].[H-]. The second-order valence-electron chi connectivity index (χ2n) is 0.238. The normalized spacial score (nSPS) is 1.50. The average Bonchev–Trinajstić information content (AvgIpc) is 0.811. The molecule has 0 aliphatic carbocycles. The summed E-state index contributed by atoms with van der Waals surface area (Å²) >= 11 is 0. The molecular weight excluding hydrogens is 276 g/mol. The van der Waals surface area contributed by atoms with E-state index in [1.54, 1.807) is 0 Å². The minimum atomic E-state index is -1.50. The Hall–Kier alpha value is 0.0197. The molecular formula is H26CaN2O13. The van der Waals surface area contributed by atoms with Crippen molar-refractivity contribution in [1.82, 2.24) is 6.15 Å². The van der Waals surface area contributed by atoms with Crippen molar-refractivity contribution in [3.63, 3.8) is 0 Å². The van der Waals surface area contributed by atoms with Crippen LogP contribution in [-0.4, -0.2) is 103 Å². The maximum absolute atomic E-state index is 8.36. The molecule has 24 N–H and O–H groups in total. The Kier molecular flexibility index (Phi) is 8020. The summed E-state index contributed by atoms with van der Waals surface area (Å²) in [6.07, 6.45) is 0. The van der Waals surface area contributed by atoms with Crippen LogP contribution in [0.4, 0.5) is 0 Å². The molecule has 16 heavy (non-hydrogen) atoms. The van der Waals surface area contributed by atoms with E-state index in [9.17, 15) is 0 Å². The fourth-order valence-electron chi connectivity index (χ4n) is 0. The van der Waals surface area contributed by atoms with Crippen LogP contribution in [0.5, 0.6) is 0 Å². The summed E-state index contributed by atoms with van der Waals surface area (Å²) in [6.45, 7) is 0. The molecule has 0 radical (unpaired) electrons. The molecule has 0 saturated carbocycles. The Balaban J connectivity index is -0.000000000495. The molecule has 16 heteroatoms. The van der Waals surface area contributed by atoms with Gasteiger partial charge in [-0.25, -0.2) is 0 Å². The molecule has 0 spiro atoms. The molecule has 0 atom stereocenters. The molecule has 0 aliphatic heterocycles. The van der Waals surface area contributed by atoms with Crippen LogP contribution in [0.2, 0.25) is 0 Å². The topological polar surface area (TPSA) is 413 Å². The fraction of sp³-hybridized carbons (Fsp3) is 0. The van der Waals surface area contributed by atoms with Gasteiger partial charge in [0.25, 0.3) is 5.09 Å². The Morgan fingerprint density at radius 3 is 0.750 bits per heavy atom. The summed E-state index contributed by atoms with van der Waals surface area (Å²) in [6, 6.07) is 0. The first-order valence-electron chi connectivity index (χ1n) is 0.565. The van der Waals surface area contributed by atoms with Crippen molar-refractivity contribution >= 4 is 37.7 Å². The molecule has 0 bridgehead atoms. The minimum absolute atomic E-state index is 0. The van der Waals surface area contributed by atoms with Gasteiger partial charge in [-0.3, -0.25) is 0 Å². The fourth-order valence-corrected chi connectivity index (χ4v) is 0. The second kappa shape index (κ2) is 324. The van der Waals surface area contributed by atoms with Gasteiger partial charge in [-0.2, -0.15) is 0 Å². The van der Waals surface area contributed by atoms with Crippen LogP contribution in [0.3, 0.4) is 0 Å². The zero-order valence-corrected chi connectivity index (χ0v) is 10.3. The molecule has 0 aromatic carbocycles. The van der Waals surface area contributed by atoms with Crippen molar-refractivity contribution in [2.45, 2.75) is 0 Å². The van der Waals surface area contributed by atoms with E-state index in [2.05, 4.69) is 0 Å². The van der Waals surface area contributed by atoms with Crippen molar-refractivity contribution < 1.29 is 67.9 Å². The Labute approximate surface area is 122 Å². The summed E-state index contributed by atoms with van der Waals surface area (Å²) in [5, 5.41) is 13.6. The predicted octanol–water partition coefficient (Wildman–Crippen LogP) is -8.59. The Morgan fingerprint density at radius 2 is 0.750 bits per heavy atom. The molecule has 116 valence electrons. The average molecular weight is 302 g/mol. The van der Waals surface area contributed by atoms with Crippen molar-refractivity contribution in [2.24, 2.45) is 0 Å². The van der Waals surface area contributed by atoms with Crippen molar-refractivity contribution in [3.05, 3.63) is 10.1 Å². The van der Waals surface area contributed by atoms with E-state index in [-0.39, 0.29) is 102 Å². The molecule has 0 aromatic rings. The first-order chi connectivity index (χ1) is 1.73.